The minimum Gasteiger partial charge on any atom is -0.481 e. The van der Waals surface area contributed by atoms with Gasteiger partial charge in [-0.1, -0.05) is 60.1 Å². The van der Waals surface area contributed by atoms with Crippen molar-refractivity contribution >= 4 is 11.9 Å². The SMILES string of the molecule is COC(=O)C1OC(OC2CCC3(C)C(CCC4(C)C3CC=C3C5C(O)C(C)(C)CCC5(C(=O)O)CCC34C)C2(C)C)C(O)C(O)C1O. The van der Waals surface area contributed by atoms with Crippen LogP contribution in [0.25, 0.3) is 0 Å². The van der Waals surface area contributed by atoms with E-state index in [-0.39, 0.29) is 39.1 Å². The summed E-state index contributed by atoms with van der Waals surface area (Å²) in [6.07, 6.45) is 0.700. The molecule has 14 unspecified atom stereocenters. The van der Waals surface area contributed by atoms with Crippen LogP contribution in [0, 0.1) is 50.2 Å². The molecule has 1 saturated heterocycles. The Kier molecular flexibility index (Phi) is 8.42. The standard InChI is InChI=1S/C37H58O10/c1-32(2)15-17-37(31(43)44)18-16-35(6)19(23(37)28(32)41)9-10-21-34(5)13-12-22(33(3,4)20(34)11-14-36(21,35)7)46-30-26(40)24(38)25(39)27(47-30)29(42)45-8/h9,20-28,30,38-41H,10-18H2,1-8H3,(H,43,44). The van der Waals surface area contributed by atoms with Crippen LogP contribution in [0.4, 0.5) is 0 Å². The molecule has 10 heteroatoms. The molecule has 5 fully saturated rings. The molecule has 0 spiro atoms. The van der Waals surface area contributed by atoms with E-state index >= 15 is 0 Å². The first-order valence-corrected chi connectivity index (χ1v) is 17.8. The molecular formula is C37H58O10. The fourth-order valence-electron chi connectivity index (χ4n) is 12.3. The van der Waals surface area contributed by atoms with E-state index in [0.29, 0.717) is 31.6 Å². The number of ether oxygens (including phenoxy) is 3. The Morgan fingerprint density at radius 3 is 2.13 bits per heavy atom. The number of aliphatic hydroxyl groups is 4. The summed E-state index contributed by atoms with van der Waals surface area (Å²) >= 11 is 0. The molecule has 0 aromatic heterocycles. The number of carbonyl (C=O) groups is 2. The van der Waals surface area contributed by atoms with E-state index in [1.54, 1.807) is 0 Å². The van der Waals surface area contributed by atoms with Gasteiger partial charge in [0.25, 0.3) is 0 Å². The lowest BCUT2D eigenvalue weighted by Crippen LogP contribution is -2.67. The van der Waals surface area contributed by atoms with Crippen LogP contribution in [0.3, 0.4) is 0 Å². The van der Waals surface area contributed by atoms with E-state index in [9.17, 15) is 35.1 Å². The molecule has 47 heavy (non-hydrogen) atoms. The van der Waals surface area contributed by atoms with Gasteiger partial charge >= 0.3 is 11.9 Å². The first kappa shape index (κ1) is 35.3. The number of esters is 1. The third-order valence-corrected chi connectivity index (χ3v) is 15.5. The zero-order valence-electron chi connectivity index (χ0n) is 29.5. The summed E-state index contributed by atoms with van der Waals surface area (Å²) in [7, 11) is 1.17. The van der Waals surface area contributed by atoms with E-state index in [0.717, 1.165) is 32.1 Å². The van der Waals surface area contributed by atoms with Gasteiger partial charge in [0.1, 0.15) is 18.3 Å². The molecule has 1 heterocycles. The Hall–Kier alpha value is -1.56. The molecule has 0 aromatic carbocycles. The molecular weight excluding hydrogens is 604 g/mol. The van der Waals surface area contributed by atoms with Gasteiger partial charge in [0.15, 0.2) is 12.4 Å². The highest BCUT2D eigenvalue weighted by Gasteiger charge is 2.71. The highest BCUT2D eigenvalue weighted by atomic mass is 16.7. The summed E-state index contributed by atoms with van der Waals surface area (Å²) in [6, 6.07) is 0. The lowest BCUT2D eigenvalue weighted by atomic mass is 9.33. The summed E-state index contributed by atoms with van der Waals surface area (Å²) in [5.74, 6) is -1.40. The molecule has 5 aliphatic carbocycles. The largest absolute Gasteiger partial charge is 0.481 e. The Bertz CT molecular complexity index is 1310. The number of hydrogen-bond acceptors (Lipinski definition) is 9. The number of fused-ring (bicyclic) bond motifs is 7. The number of methoxy groups -OCH3 is 1. The molecule has 14 atom stereocenters. The average Bonchev–Trinajstić information content (AvgIpc) is 3.00. The van der Waals surface area contributed by atoms with Crippen molar-refractivity contribution in [3.05, 3.63) is 11.6 Å². The van der Waals surface area contributed by atoms with Crippen LogP contribution in [0.5, 0.6) is 0 Å². The minimum absolute atomic E-state index is 0.0521. The molecule has 4 saturated carbocycles. The van der Waals surface area contributed by atoms with Gasteiger partial charge in [-0.25, -0.2) is 4.79 Å². The smallest absolute Gasteiger partial charge is 0.337 e. The van der Waals surface area contributed by atoms with Crippen LogP contribution in [0.2, 0.25) is 0 Å². The van der Waals surface area contributed by atoms with Crippen molar-refractivity contribution in [1.29, 1.82) is 0 Å². The summed E-state index contributed by atoms with van der Waals surface area (Å²) in [6.45, 7) is 15.8. The van der Waals surface area contributed by atoms with E-state index in [4.69, 9.17) is 14.2 Å². The van der Waals surface area contributed by atoms with Crippen LogP contribution in [-0.4, -0.2) is 87.5 Å². The number of carboxylic acid groups (broad SMARTS) is 1. The summed E-state index contributed by atoms with van der Waals surface area (Å²) in [5.41, 5.74) is -0.832. The number of carbonyl (C=O) groups excluding carboxylic acids is 1. The van der Waals surface area contributed by atoms with Gasteiger partial charge < -0.3 is 39.7 Å². The second-order valence-corrected chi connectivity index (χ2v) is 18.1. The third-order valence-electron chi connectivity index (χ3n) is 15.5. The van der Waals surface area contributed by atoms with Gasteiger partial charge in [0, 0.05) is 5.92 Å². The molecule has 10 nitrogen and oxygen atoms in total. The molecule has 5 N–H and O–H groups in total. The third kappa shape index (κ3) is 4.70. The Labute approximate surface area is 279 Å². The maximum atomic E-state index is 13.0. The molecule has 1 aliphatic heterocycles. The molecule has 0 aromatic rings. The van der Waals surface area contributed by atoms with Crippen LogP contribution in [0.15, 0.2) is 11.6 Å². The van der Waals surface area contributed by atoms with Crippen molar-refractivity contribution in [2.45, 2.75) is 149 Å². The van der Waals surface area contributed by atoms with E-state index in [1.165, 1.54) is 12.7 Å². The summed E-state index contributed by atoms with van der Waals surface area (Å²) in [5, 5.41) is 54.2. The summed E-state index contributed by atoms with van der Waals surface area (Å²) < 4.78 is 16.9. The highest BCUT2D eigenvalue weighted by Crippen LogP contribution is 2.76. The Balaban J connectivity index is 1.30. The maximum Gasteiger partial charge on any atom is 0.337 e. The zero-order valence-corrected chi connectivity index (χ0v) is 29.5. The van der Waals surface area contributed by atoms with Crippen LogP contribution in [-0.2, 0) is 23.8 Å². The first-order valence-electron chi connectivity index (χ1n) is 17.8. The molecule has 0 bridgehead atoms. The van der Waals surface area contributed by atoms with E-state index in [1.807, 2.05) is 0 Å². The molecule has 0 amide bonds. The molecule has 6 aliphatic rings. The molecule has 6 rings (SSSR count). The van der Waals surface area contributed by atoms with Crippen molar-refractivity contribution in [3.63, 3.8) is 0 Å². The maximum absolute atomic E-state index is 13.0. The monoisotopic (exact) mass is 662 g/mol. The predicted molar refractivity (Wildman–Crippen MR) is 172 cm³/mol. The van der Waals surface area contributed by atoms with Gasteiger partial charge in [-0.3, -0.25) is 4.79 Å². The van der Waals surface area contributed by atoms with Gasteiger partial charge in [0.2, 0.25) is 0 Å². The van der Waals surface area contributed by atoms with Crippen LogP contribution in [0.1, 0.15) is 106 Å². The van der Waals surface area contributed by atoms with Crippen LogP contribution >= 0.6 is 0 Å². The molecule has 266 valence electrons. The van der Waals surface area contributed by atoms with Gasteiger partial charge in [-0.2, -0.15) is 0 Å². The lowest BCUT2D eigenvalue weighted by Gasteiger charge is -2.71. The predicted octanol–water partition coefficient (Wildman–Crippen LogP) is 4.21. The quantitative estimate of drug-likeness (QED) is 0.167. The minimum atomic E-state index is -1.64. The number of aliphatic carboxylic acids is 1. The topological polar surface area (TPSA) is 163 Å². The van der Waals surface area contributed by atoms with Gasteiger partial charge in [-0.05, 0) is 96.7 Å². The van der Waals surface area contributed by atoms with Crippen molar-refractivity contribution in [2.75, 3.05) is 7.11 Å². The van der Waals surface area contributed by atoms with E-state index in [2.05, 4.69) is 54.5 Å². The second-order valence-electron chi connectivity index (χ2n) is 18.1. The zero-order chi connectivity index (χ0) is 34.7. The highest BCUT2D eigenvalue weighted by molar-refractivity contribution is 5.77. The average molecular weight is 663 g/mol. The number of aliphatic hydroxyl groups excluding tert-OH is 4. The lowest BCUT2D eigenvalue weighted by molar-refractivity contribution is -0.324. The Morgan fingerprint density at radius 2 is 1.49 bits per heavy atom. The van der Waals surface area contributed by atoms with Crippen LogP contribution < -0.4 is 0 Å². The fraction of sp³-hybridized carbons (Fsp3) is 0.892. The van der Waals surface area contributed by atoms with Gasteiger partial charge in [-0.15, -0.1) is 0 Å². The summed E-state index contributed by atoms with van der Waals surface area (Å²) in [4.78, 5) is 25.3. The number of carboxylic acids is 1. The second kappa shape index (κ2) is 11.2. The van der Waals surface area contributed by atoms with Crippen molar-refractivity contribution in [3.8, 4) is 0 Å². The number of rotatable bonds is 4. The van der Waals surface area contributed by atoms with E-state index < -0.39 is 60.1 Å². The van der Waals surface area contributed by atoms with Gasteiger partial charge in [0.05, 0.1) is 24.7 Å². The van der Waals surface area contributed by atoms with Crippen molar-refractivity contribution in [2.24, 2.45) is 50.2 Å². The molecule has 0 radical (unpaired) electrons. The number of allylic oxidation sites excluding steroid dienone is 1. The fourth-order valence-corrected chi connectivity index (χ4v) is 12.3. The Morgan fingerprint density at radius 1 is 0.830 bits per heavy atom. The van der Waals surface area contributed by atoms with Crippen molar-refractivity contribution in [1.82, 2.24) is 0 Å². The first-order chi connectivity index (χ1) is 21.7. The van der Waals surface area contributed by atoms with Crippen molar-refractivity contribution < 1.29 is 49.3 Å². The number of hydrogen-bond donors (Lipinski definition) is 5. The normalized spacial score (nSPS) is 51.7.